The van der Waals surface area contributed by atoms with E-state index >= 15 is 0 Å². The fourth-order valence-electron chi connectivity index (χ4n) is 2.77. The Hall–Kier alpha value is -1.36. The molecule has 0 aromatic carbocycles. The van der Waals surface area contributed by atoms with Crippen molar-refractivity contribution in [3.05, 3.63) is 18.0 Å². The number of aromatic nitrogens is 2. The molecule has 1 aliphatic heterocycles. The maximum Gasteiger partial charge on any atom is 0.271 e. The van der Waals surface area contributed by atoms with Crippen LogP contribution in [-0.2, 0) is 0 Å². The van der Waals surface area contributed by atoms with E-state index < -0.39 is 0 Å². The van der Waals surface area contributed by atoms with Gasteiger partial charge in [-0.05, 0) is 31.4 Å². The molecule has 1 fully saturated rings. The summed E-state index contributed by atoms with van der Waals surface area (Å²) >= 11 is 0. The summed E-state index contributed by atoms with van der Waals surface area (Å²) in [7, 11) is 0. The van der Waals surface area contributed by atoms with Gasteiger partial charge in [-0.25, -0.2) is 0 Å². The number of rotatable bonds is 5. The van der Waals surface area contributed by atoms with Gasteiger partial charge in [-0.15, -0.1) is 0 Å². The van der Waals surface area contributed by atoms with Gasteiger partial charge >= 0.3 is 0 Å². The molecule has 5 nitrogen and oxygen atoms in total. The van der Waals surface area contributed by atoms with Crippen LogP contribution < -0.4 is 5.32 Å². The minimum Gasteiger partial charge on any atom is -0.337 e. The number of aromatic amines is 1. The SMILES string of the molecule is CCCNC1CCN(C(=O)c2ccn[nH]2)CC1CC. The van der Waals surface area contributed by atoms with Gasteiger partial charge in [-0.1, -0.05) is 20.3 Å². The molecule has 1 amide bonds. The predicted molar refractivity (Wildman–Crippen MR) is 75.0 cm³/mol. The highest BCUT2D eigenvalue weighted by Gasteiger charge is 2.30. The molecule has 1 aromatic rings. The standard InChI is InChI=1S/C14H24N4O/c1-3-7-15-12-6-9-18(10-11(12)4-2)14(19)13-5-8-16-17-13/h5,8,11-12,15H,3-4,6-7,9-10H2,1-2H3,(H,16,17). The van der Waals surface area contributed by atoms with Crippen molar-refractivity contribution in [3.63, 3.8) is 0 Å². The quantitative estimate of drug-likeness (QED) is 0.850. The summed E-state index contributed by atoms with van der Waals surface area (Å²) < 4.78 is 0. The molecule has 0 saturated carbocycles. The van der Waals surface area contributed by atoms with Crippen LogP contribution in [0.25, 0.3) is 0 Å². The van der Waals surface area contributed by atoms with Crippen LogP contribution in [0, 0.1) is 5.92 Å². The van der Waals surface area contributed by atoms with Crippen molar-refractivity contribution in [3.8, 4) is 0 Å². The summed E-state index contributed by atoms with van der Waals surface area (Å²) in [6.45, 7) is 7.13. The maximum atomic E-state index is 12.3. The highest BCUT2D eigenvalue weighted by atomic mass is 16.2. The molecule has 0 bridgehead atoms. The van der Waals surface area contributed by atoms with E-state index in [2.05, 4.69) is 29.4 Å². The van der Waals surface area contributed by atoms with E-state index in [1.807, 2.05) is 4.90 Å². The maximum absolute atomic E-state index is 12.3. The molecule has 2 unspecified atom stereocenters. The van der Waals surface area contributed by atoms with E-state index in [9.17, 15) is 4.79 Å². The van der Waals surface area contributed by atoms with Gasteiger partial charge in [0.15, 0.2) is 0 Å². The fraction of sp³-hybridized carbons (Fsp3) is 0.714. The highest BCUT2D eigenvalue weighted by Crippen LogP contribution is 2.21. The van der Waals surface area contributed by atoms with Gasteiger partial charge < -0.3 is 10.2 Å². The topological polar surface area (TPSA) is 61.0 Å². The van der Waals surface area contributed by atoms with Crippen LogP contribution in [0.2, 0.25) is 0 Å². The molecule has 2 atom stereocenters. The van der Waals surface area contributed by atoms with Crippen LogP contribution in [-0.4, -0.2) is 46.7 Å². The monoisotopic (exact) mass is 264 g/mol. The van der Waals surface area contributed by atoms with Gasteiger partial charge in [-0.3, -0.25) is 9.89 Å². The first-order valence-electron chi connectivity index (χ1n) is 7.28. The van der Waals surface area contributed by atoms with Gasteiger partial charge in [0.2, 0.25) is 0 Å². The van der Waals surface area contributed by atoms with Gasteiger partial charge in [-0.2, -0.15) is 5.10 Å². The predicted octanol–water partition coefficient (Wildman–Crippen LogP) is 1.65. The first-order valence-corrected chi connectivity index (χ1v) is 7.28. The van der Waals surface area contributed by atoms with Crippen molar-refractivity contribution in [2.24, 2.45) is 5.92 Å². The number of nitrogens with zero attached hydrogens (tertiary/aromatic N) is 2. The second-order valence-corrected chi connectivity index (χ2v) is 5.24. The third-order valence-electron chi connectivity index (χ3n) is 3.93. The molecule has 1 aromatic heterocycles. The van der Waals surface area contributed by atoms with Crippen molar-refractivity contribution in [2.75, 3.05) is 19.6 Å². The molecule has 2 N–H and O–H groups in total. The minimum absolute atomic E-state index is 0.0740. The first kappa shape index (κ1) is 14.1. The van der Waals surface area contributed by atoms with Crippen molar-refractivity contribution < 1.29 is 4.79 Å². The average molecular weight is 264 g/mol. The number of piperidine rings is 1. The summed E-state index contributed by atoms with van der Waals surface area (Å²) in [4.78, 5) is 14.2. The van der Waals surface area contributed by atoms with Crippen LogP contribution in [0.4, 0.5) is 0 Å². The van der Waals surface area contributed by atoms with Crippen LogP contribution in [0.15, 0.2) is 12.3 Å². The van der Waals surface area contributed by atoms with Crippen LogP contribution in [0.5, 0.6) is 0 Å². The number of likely N-dealkylation sites (tertiary alicyclic amines) is 1. The molecular formula is C14H24N4O. The summed E-state index contributed by atoms with van der Waals surface area (Å²) in [5, 5.41) is 10.2. The molecule has 106 valence electrons. The molecule has 0 spiro atoms. The first-order chi connectivity index (χ1) is 9.26. The van der Waals surface area contributed by atoms with Gasteiger partial charge in [0.1, 0.15) is 5.69 Å². The summed E-state index contributed by atoms with van der Waals surface area (Å²) in [6, 6.07) is 2.29. The lowest BCUT2D eigenvalue weighted by atomic mass is 9.89. The number of carbonyl (C=O) groups is 1. The summed E-state index contributed by atoms with van der Waals surface area (Å²) in [6.07, 6.45) is 4.93. The second-order valence-electron chi connectivity index (χ2n) is 5.24. The zero-order valence-electron chi connectivity index (χ0n) is 11.9. The van der Waals surface area contributed by atoms with Gasteiger partial charge in [0.25, 0.3) is 5.91 Å². The zero-order chi connectivity index (χ0) is 13.7. The number of H-pyrrole nitrogens is 1. The number of hydrogen-bond acceptors (Lipinski definition) is 3. The smallest absolute Gasteiger partial charge is 0.271 e. The van der Waals surface area contributed by atoms with Crippen LogP contribution >= 0.6 is 0 Å². The normalized spacial score (nSPS) is 23.6. The van der Waals surface area contributed by atoms with E-state index in [1.54, 1.807) is 12.3 Å². The molecular weight excluding hydrogens is 240 g/mol. The Labute approximate surface area is 114 Å². The third-order valence-corrected chi connectivity index (χ3v) is 3.93. The Bertz CT molecular complexity index is 390. The molecule has 1 aliphatic rings. The van der Waals surface area contributed by atoms with Crippen molar-refractivity contribution in [1.82, 2.24) is 20.4 Å². The Morgan fingerprint density at radius 3 is 3.05 bits per heavy atom. The Kier molecular flexibility index (Phi) is 4.96. The number of amides is 1. The Morgan fingerprint density at radius 1 is 1.58 bits per heavy atom. The molecule has 1 saturated heterocycles. The number of nitrogens with one attached hydrogen (secondary N) is 2. The Morgan fingerprint density at radius 2 is 2.42 bits per heavy atom. The fourth-order valence-corrected chi connectivity index (χ4v) is 2.77. The molecule has 5 heteroatoms. The van der Waals surface area contributed by atoms with E-state index in [4.69, 9.17) is 0 Å². The zero-order valence-corrected chi connectivity index (χ0v) is 11.9. The lowest BCUT2D eigenvalue weighted by Gasteiger charge is -2.38. The van der Waals surface area contributed by atoms with E-state index in [1.165, 1.54) is 0 Å². The second kappa shape index (κ2) is 6.70. The number of hydrogen-bond donors (Lipinski definition) is 2. The Balaban J connectivity index is 1.94. The van der Waals surface area contributed by atoms with E-state index in [-0.39, 0.29) is 5.91 Å². The lowest BCUT2D eigenvalue weighted by Crippen LogP contribution is -2.51. The van der Waals surface area contributed by atoms with E-state index in [0.29, 0.717) is 17.7 Å². The third kappa shape index (κ3) is 3.35. The van der Waals surface area contributed by atoms with Crippen molar-refractivity contribution >= 4 is 5.91 Å². The molecule has 0 aliphatic carbocycles. The molecule has 19 heavy (non-hydrogen) atoms. The summed E-state index contributed by atoms with van der Waals surface area (Å²) in [5.41, 5.74) is 0.592. The van der Waals surface area contributed by atoms with Gasteiger partial charge in [0.05, 0.1) is 0 Å². The molecule has 2 rings (SSSR count). The average Bonchev–Trinajstić information content (AvgIpc) is 2.98. The largest absolute Gasteiger partial charge is 0.337 e. The molecule has 0 radical (unpaired) electrons. The van der Waals surface area contributed by atoms with E-state index in [0.717, 1.165) is 38.9 Å². The number of carbonyl (C=O) groups excluding carboxylic acids is 1. The minimum atomic E-state index is 0.0740. The van der Waals surface area contributed by atoms with Crippen molar-refractivity contribution in [2.45, 2.75) is 39.2 Å². The highest BCUT2D eigenvalue weighted by molar-refractivity contribution is 5.92. The van der Waals surface area contributed by atoms with Crippen molar-refractivity contribution in [1.29, 1.82) is 0 Å². The molecule has 2 heterocycles. The van der Waals surface area contributed by atoms with Gasteiger partial charge in [0, 0.05) is 25.3 Å². The van der Waals surface area contributed by atoms with Crippen LogP contribution in [0.3, 0.4) is 0 Å². The summed E-state index contributed by atoms with van der Waals surface area (Å²) in [5.74, 6) is 0.622. The lowest BCUT2D eigenvalue weighted by molar-refractivity contribution is 0.0621. The van der Waals surface area contributed by atoms with Crippen LogP contribution in [0.1, 0.15) is 43.6 Å².